The van der Waals surface area contributed by atoms with Crippen LogP contribution in [-0.2, 0) is 14.3 Å². The van der Waals surface area contributed by atoms with Gasteiger partial charge in [-0.15, -0.1) is 0 Å². The number of nitrogens with one attached hydrogen (secondary N) is 1. The molecule has 0 aromatic carbocycles. The van der Waals surface area contributed by atoms with Crippen molar-refractivity contribution >= 4 is 5.91 Å². The summed E-state index contributed by atoms with van der Waals surface area (Å²) in [5.41, 5.74) is 0. The van der Waals surface area contributed by atoms with Gasteiger partial charge in [-0.05, 0) is 32.1 Å². The average molecular weight is 1120 g/mol. The average Bonchev–Trinajstić information content (AvgIpc) is 3.47. The molecule has 1 aliphatic rings. The fraction of sp³-hybridized carbons (Fsp3) is 0.929. The molecule has 9 heteroatoms. The summed E-state index contributed by atoms with van der Waals surface area (Å²) in [6, 6.07) is -0.819. The Morgan fingerprint density at radius 3 is 1.06 bits per heavy atom. The van der Waals surface area contributed by atoms with Crippen molar-refractivity contribution in [3.63, 3.8) is 0 Å². The first-order valence-electron chi connectivity index (χ1n) is 35.1. The molecule has 0 radical (unpaired) electrons. The van der Waals surface area contributed by atoms with Crippen molar-refractivity contribution in [1.82, 2.24) is 5.32 Å². The van der Waals surface area contributed by atoms with E-state index in [0.29, 0.717) is 6.42 Å². The lowest BCUT2D eigenvalue weighted by Gasteiger charge is -2.40. The SMILES string of the molecule is CCCCCCCCCCCCC/C=C/CC/C=C/C(O)C(COC1OC(CO)C(O)C(O)C1O)NC(=O)CCCCCCCCCCCCCCCCCCCCCCCCCCCCCCCCCCCCCCCCC. The Hall–Kier alpha value is -1.33. The van der Waals surface area contributed by atoms with Gasteiger partial charge in [0.25, 0.3) is 0 Å². The zero-order chi connectivity index (χ0) is 57.2. The molecule has 79 heavy (non-hydrogen) atoms. The normalized spacial score (nSPS) is 18.6. The highest BCUT2D eigenvalue weighted by atomic mass is 16.7. The summed E-state index contributed by atoms with van der Waals surface area (Å²) in [5, 5.41) is 54.6. The van der Waals surface area contributed by atoms with E-state index in [1.54, 1.807) is 6.08 Å². The lowest BCUT2D eigenvalue weighted by molar-refractivity contribution is -0.302. The van der Waals surface area contributed by atoms with Crippen molar-refractivity contribution in [2.75, 3.05) is 13.2 Å². The van der Waals surface area contributed by atoms with Crippen LogP contribution < -0.4 is 5.32 Å². The third-order valence-electron chi connectivity index (χ3n) is 17.0. The van der Waals surface area contributed by atoms with Crippen LogP contribution in [0, 0.1) is 0 Å². The van der Waals surface area contributed by atoms with Crippen LogP contribution >= 0.6 is 0 Å². The number of allylic oxidation sites excluding steroid dienone is 3. The van der Waals surface area contributed by atoms with Gasteiger partial charge in [-0.3, -0.25) is 4.79 Å². The molecule has 7 atom stereocenters. The number of hydrogen-bond donors (Lipinski definition) is 6. The lowest BCUT2D eigenvalue weighted by atomic mass is 9.99. The maximum Gasteiger partial charge on any atom is 0.220 e. The molecule has 0 bridgehead atoms. The van der Waals surface area contributed by atoms with Gasteiger partial charge in [0.1, 0.15) is 24.4 Å². The molecular weight excluding hydrogens is 983 g/mol. The van der Waals surface area contributed by atoms with Crippen molar-refractivity contribution in [3.8, 4) is 0 Å². The van der Waals surface area contributed by atoms with Crippen LogP contribution in [0.3, 0.4) is 0 Å². The minimum Gasteiger partial charge on any atom is -0.394 e. The molecule has 9 nitrogen and oxygen atoms in total. The predicted octanol–water partition coefficient (Wildman–Crippen LogP) is 18.9. The number of hydrogen-bond acceptors (Lipinski definition) is 8. The van der Waals surface area contributed by atoms with Crippen LogP contribution in [0.2, 0.25) is 0 Å². The monoisotopic (exact) mass is 1120 g/mol. The van der Waals surface area contributed by atoms with Gasteiger partial charge in [-0.2, -0.15) is 0 Å². The molecular formula is C70H135NO8. The van der Waals surface area contributed by atoms with E-state index < -0.39 is 49.5 Å². The van der Waals surface area contributed by atoms with Gasteiger partial charge in [0, 0.05) is 6.42 Å². The number of unbranched alkanes of at least 4 members (excludes halogenated alkanes) is 50. The molecule has 6 N–H and O–H groups in total. The number of carbonyl (C=O) groups excluding carboxylic acids is 1. The topological polar surface area (TPSA) is 149 Å². The minimum absolute atomic E-state index is 0.179. The Morgan fingerprint density at radius 1 is 0.418 bits per heavy atom. The Balaban J connectivity index is 2.04. The van der Waals surface area contributed by atoms with Gasteiger partial charge in [0.2, 0.25) is 5.91 Å². The van der Waals surface area contributed by atoms with Crippen LogP contribution in [0.15, 0.2) is 24.3 Å². The van der Waals surface area contributed by atoms with Crippen LogP contribution in [-0.4, -0.2) is 87.5 Å². The van der Waals surface area contributed by atoms with Crippen molar-refractivity contribution in [2.45, 2.75) is 403 Å². The number of aliphatic hydroxyl groups excluding tert-OH is 5. The number of carbonyl (C=O) groups is 1. The van der Waals surface area contributed by atoms with Crippen LogP contribution in [0.1, 0.15) is 361 Å². The smallest absolute Gasteiger partial charge is 0.220 e. The maximum absolute atomic E-state index is 13.1. The highest BCUT2D eigenvalue weighted by Crippen LogP contribution is 2.23. The van der Waals surface area contributed by atoms with Gasteiger partial charge in [-0.1, -0.05) is 346 Å². The van der Waals surface area contributed by atoms with Crippen molar-refractivity contribution < 1.29 is 39.8 Å². The molecule has 0 aromatic heterocycles. The van der Waals surface area contributed by atoms with Gasteiger partial charge >= 0.3 is 0 Å². The summed E-state index contributed by atoms with van der Waals surface area (Å²) >= 11 is 0. The Kier molecular flexibility index (Phi) is 57.3. The summed E-state index contributed by atoms with van der Waals surface area (Å²) < 4.78 is 11.3. The van der Waals surface area contributed by atoms with Gasteiger partial charge < -0.3 is 40.3 Å². The highest BCUT2D eigenvalue weighted by Gasteiger charge is 2.44. The fourth-order valence-electron chi connectivity index (χ4n) is 11.5. The number of aliphatic hydroxyl groups is 5. The summed E-state index contributed by atoms with van der Waals surface area (Å²) in [5.74, 6) is -0.179. The summed E-state index contributed by atoms with van der Waals surface area (Å²) in [4.78, 5) is 13.1. The van der Waals surface area contributed by atoms with Crippen molar-refractivity contribution in [1.29, 1.82) is 0 Å². The third-order valence-corrected chi connectivity index (χ3v) is 17.0. The Bertz CT molecular complexity index is 1300. The third kappa shape index (κ3) is 48.7. The summed E-state index contributed by atoms with van der Waals surface area (Å²) in [6.45, 7) is 3.81. The minimum atomic E-state index is -1.57. The summed E-state index contributed by atoms with van der Waals surface area (Å²) in [7, 11) is 0. The molecule has 1 heterocycles. The second kappa shape index (κ2) is 59.8. The fourth-order valence-corrected chi connectivity index (χ4v) is 11.5. The molecule has 1 amide bonds. The molecule has 0 aromatic rings. The largest absolute Gasteiger partial charge is 0.394 e. The standard InChI is InChI=1S/C70H135NO8/c1-3-5-7-9-11-13-15-17-19-21-22-23-24-25-26-27-28-29-30-31-32-33-34-35-36-37-38-39-40-41-42-44-46-48-50-52-54-56-58-60-66(74)71-63(62-78-70-69(77)68(76)67(75)65(61-72)79-70)64(73)59-57-55-53-51-49-47-45-43-20-18-16-14-12-10-8-6-4-2/h49,51,57,59,63-65,67-70,72-73,75-77H,3-48,50,52-56,58,60-62H2,1-2H3,(H,71,74)/b51-49+,59-57+. The summed E-state index contributed by atoms with van der Waals surface area (Å²) in [6.07, 6.45) is 71.7. The first kappa shape index (κ1) is 75.7. The lowest BCUT2D eigenvalue weighted by Crippen LogP contribution is -2.60. The molecule has 468 valence electrons. The first-order valence-corrected chi connectivity index (χ1v) is 35.1. The van der Waals surface area contributed by atoms with Crippen molar-refractivity contribution in [3.05, 3.63) is 24.3 Å². The molecule has 0 aliphatic carbocycles. The van der Waals surface area contributed by atoms with E-state index in [1.165, 1.54) is 302 Å². The van der Waals surface area contributed by atoms with E-state index in [2.05, 4.69) is 31.3 Å². The number of ether oxygens (including phenoxy) is 2. The second-order valence-corrected chi connectivity index (χ2v) is 24.7. The van der Waals surface area contributed by atoms with Crippen LogP contribution in [0.4, 0.5) is 0 Å². The van der Waals surface area contributed by atoms with Crippen LogP contribution in [0.5, 0.6) is 0 Å². The van der Waals surface area contributed by atoms with E-state index in [1.807, 2.05) is 6.08 Å². The van der Waals surface area contributed by atoms with E-state index in [4.69, 9.17) is 9.47 Å². The molecule has 1 aliphatic heterocycles. The Morgan fingerprint density at radius 2 is 0.722 bits per heavy atom. The number of rotatable bonds is 62. The molecule has 0 spiro atoms. The number of amides is 1. The molecule has 1 rings (SSSR count). The molecule has 1 saturated heterocycles. The van der Waals surface area contributed by atoms with E-state index in [-0.39, 0.29) is 12.5 Å². The highest BCUT2D eigenvalue weighted by molar-refractivity contribution is 5.76. The molecule has 1 fully saturated rings. The van der Waals surface area contributed by atoms with E-state index in [9.17, 15) is 30.3 Å². The molecule has 0 saturated carbocycles. The van der Waals surface area contributed by atoms with Crippen LogP contribution in [0.25, 0.3) is 0 Å². The predicted molar refractivity (Wildman–Crippen MR) is 337 cm³/mol. The van der Waals surface area contributed by atoms with E-state index >= 15 is 0 Å². The Labute approximate surface area is 489 Å². The first-order chi connectivity index (χ1) is 38.8. The van der Waals surface area contributed by atoms with Gasteiger partial charge in [0.05, 0.1) is 25.4 Å². The van der Waals surface area contributed by atoms with E-state index in [0.717, 1.165) is 38.5 Å². The van der Waals surface area contributed by atoms with Gasteiger partial charge in [0.15, 0.2) is 6.29 Å². The zero-order valence-corrected chi connectivity index (χ0v) is 52.4. The zero-order valence-electron chi connectivity index (χ0n) is 52.4. The maximum atomic E-state index is 13.1. The second-order valence-electron chi connectivity index (χ2n) is 24.7. The molecule has 7 unspecified atom stereocenters. The quantitative estimate of drug-likeness (QED) is 0.0261. The van der Waals surface area contributed by atoms with Crippen molar-refractivity contribution in [2.24, 2.45) is 0 Å². The van der Waals surface area contributed by atoms with Gasteiger partial charge in [-0.25, -0.2) is 0 Å².